The van der Waals surface area contributed by atoms with Crippen molar-refractivity contribution in [3.63, 3.8) is 0 Å². The molecule has 3 rings (SSSR count). The van der Waals surface area contributed by atoms with E-state index in [2.05, 4.69) is 22.1 Å². The Hall–Kier alpha value is -1.89. The second-order valence-electron chi connectivity index (χ2n) is 5.22. The van der Waals surface area contributed by atoms with E-state index in [0.717, 1.165) is 29.3 Å². The van der Waals surface area contributed by atoms with E-state index in [4.69, 9.17) is 4.74 Å². The Labute approximate surface area is 138 Å². The van der Waals surface area contributed by atoms with Crippen LogP contribution in [-0.2, 0) is 22.0 Å². The van der Waals surface area contributed by atoms with Crippen LogP contribution in [0.5, 0.6) is 11.5 Å². The molecule has 6 heteroatoms. The highest BCUT2D eigenvalue weighted by Gasteiger charge is 2.25. The molecule has 5 nitrogen and oxygen atoms in total. The smallest absolute Gasteiger partial charge is 0.151 e. The molecule has 2 aromatic carbocycles. The molecule has 2 aromatic rings. The van der Waals surface area contributed by atoms with Gasteiger partial charge in [0.2, 0.25) is 0 Å². The molecule has 122 valence electrons. The van der Waals surface area contributed by atoms with E-state index in [1.165, 1.54) is 5.56 Å². The molecule has 23 heavy (non-hydrogen) atoms. The third-order valence-corrected chi connectivity index (χ3v) is 4.17. The molecular weight excluding hydrogens is 314 g/mol. The minimum absolute atomic E-state index is 0.166. The Kier molecular flexibility index (Phi) is 4.95. The van der Waals surface area contributed by atoms with Crippen LogP contribution in [0.25, 0.3) is 0 Å². The normalized spacial score (nSPS) is 13.9. The van der Waals surface area contributed by atoms with Crippen LogP contribution < -0.4 is 9.64 Å². The minimum Gasteiger partial charge on any atom is -0.750 e. The van der Waals surface area contributed by atoms with Gasteiger partial charge in [0.15, 0.2) is 11.5 Å². The number of fused-ring (bicyclic) bond motifs is 2. The maximum atomic E-state index is 10.5. The second-order valence-corrected chi connectivity index (χ2v) is 5.86. The van der Waals surface area contributed by atoms with E-state index in [0.29, 0.717) is 13.0 Å². The molecule has 0 amide bonds. The van der Waals surface area contributed by atoms with Crippen LogP contribution in [0.2, 0.25) is 0 Å². The fourth-order valence-corrected chi connectivity index (χ4v) is 3.08. The van der Waals surface area contributed by atoms with Crippen molar-refractivity contribution >= 4 is 22.7 Å². The average Bonchev–Trinajstić information content (AvgIpc) is 2.56. The zero-order valence-corrected chi connectivity index (χ0v) is 13.7. The fraction of sp³-hybridized carbons (Fsp3) is 0.294. The first kappa shape index (κ1) is 16.0. The molecule has 0 saturated heterocycles. The molecule has 0 bridgehead atoms. The van der Waals surface area contributed by atoms with Crippen molar-refractivity contribution in [1.29, 1.82) is 0 Å². The Morgan fingerprint density at radius 1 is 1.17 bits per heavy atom. The molecule has 0 fully saturated rings. The van der Waals surface area contributed by atoms with Gasteiger partial charge < -0.3 is 18.4 Å². The number of ether oxygens (including phenoxy) is 1. The molecule has 1 unspecified atom stereocenters. The van der Waals surface area contributed by atoms with E-state index >= 15 is 0 Å². The summed E-state index contributed by atoms with van der Waals surface area (Å²) in [6, 6.07) is 13.9. The first-order chi connectivity index (χ1) is 11.2. The molecule has 1 aliphatic heterocycles. The molecule has 0 radical (unpaired) electrons. The van der Waals surface area contributed by atoms with Gasteiger partial charge in [0.1, 0.15) is 0 Å². The van der Waals surface area contributed by atoms with E-state index < -0.39 is 11.4 Å². The lowest BCUT2D eigenvalue weighted by molar-refractivity contribution is 0.297. The summed E-state index contributed by atoms with van der Waals surface area (Å²) >= 11 is -2.46. The van der Waals surface area contributed by atoms with Gasteiger partial charge in [-0.25, -0.2) is 4.21 Å². The summed E-state index contributed by atoms with van der Waals surface area (Å²) in [7, 11) is 0. The van der Waals surface area contributed by atoms with Gasteiger partial charge in [-0.2, -0.15) is 0 Å². The van der Waals surface area contributed by atoms with Gasteiger partial charge in [-0.15, -0.1) is 0 Å². The summed E-state index contributed by atoms with van der Waals surface area (Å²) in [5.74, 6) is 1.64. The lowest BCUT2D eigenvalue weighted by Crippen LogP contribution is -2.24. The van der Waals surface area contributed by atoms with Gasteiger partial charge in [-0.3, -0.25) is 0 Å². The molecule has 0 aromatic heterocycles. The maximum Gasteiger partial charge on any atom is 0.151 e. The highest BCUT2D eigenvalue weighted by Crippen LogP contribution is 2.48. The van der Waals surface area contributed by atoms with Crippen molar-refractivity contribution in [2.75, 3.05) is 18.1 Å². The largest absolute Gasteiger partial charge is 0.750 e. The van der Waals surface area contributed by atoms with Crippen LogP contribution >= 0.6 is 0 Å². The molecule has 1 atom stereocenters. The predicted octanol–water partition coefficient (Wildman–Crippen LogP) is 3.69. The van der Waals surface area contributed by atoms with Crippen molar-refractivity contribution in [3.8, 4) is 11.5 Å². The molecule has 0 saturated carbocycles. The van der Waals surface area contributed by atoms with Gasteiger partial charge in [-0.05, 0) is 36.6 Å². The van der Waals surface area contributed by atoms with Gasteiger partial charge in [0.25, 0.3) is 0 Å². The topological polar surface area (TPSA) is 61.8 Å². The number of anilines is 2. The number of hydrogen-bond donors (Lipinski definition) is 0. The van der Waals surface area contributed by atoms with Crippen molar-refractivity contribution < 1.29 is 17.7 Å². The first-order valence-corrected chi connectivity index (χ1v) is 8.59. The van der Waals surface area contributed by atoms with Crippen molar-refractivity contribution in [2.45, 2.75) is 19.8 Å². The third-order valence-electron chi connectivity index (χ3n) is 3.81. The lowest BCUT2D eigenvalue weighted by Gasteiger charge is -2.34. The third kappa shape index (κ3) is 3.39. The van der Waals surface area contributed by atoms with Crippen molar-refractivity contribution in [2.24, 2.45) is 0 Å². The molecule has 1 heterocycles. The molecule has 0 aliphatic carbocycles. The van der Waals surface area contributed by atoms with Gasteiger partial charge in [0, 0.05) is 6.54 Å². The van der Waals surface area contributed by atoms with E-state index in [9.17, 15) is 8.76 Å². The zero-order chi connectivity index (χ0) is 16.2. The number of aryl methyl sites for hydroxylation is 1. The van der Waals surface area contributed by atoms with E-state index in [1.54, 1.807) is 0 Å². The molecule has 1 aliphatic rings. The van der Waals surface area contributed by atoms with Crippen LogP contribution in [-0.4, -0.2) is 21.9 Å². The number of para-hydroxylation sites is 3. The highest BCUT2D eigenvalue weighted by molar-refractivity contribution is 7.74. The number of hydrogen-bond acceptors (Lipinski definition) is 5. The first-order valence-electron chi connectivity index (χ1n) is 7.59. The number of nitrogens with zero attached hydrogens (tertiary/aromatic N) is 1. The molecule has 0 N–H and O–H groups in total. The Balaban J connectivity index is 1.92. The zero-order valence-electron chi connectivity index (χ0n) is 12.9. The Morgan fingerprint density at radius 3 is 2.74 bits per heavy atom. The SMILES string of the molecule is CCc1cccc2c1N(CCCOS(=O)[O-])c1ccccc1O2. The van der Waals surface area contributed by atoms with E-state index in [1.807, 2.05) is 36.4 Å². The summed E-state index contributed by atoms with van der Waals surface area (Å²) in [6.45, 7) is 2.93. The van der Waals surface area contributed by atoms with Crippen LogP contribution in [0.3, 0.4) is 0 Å². The highest BCUT2D eigenvalue weighted by atomic mass is 32.2. The van der Waals surface area contributed by atoms with Gasteiger partial charge >= 0.3 is 0 Å². The minimum atomic E-state index is -2.46. The monoisotopic (exact) mass is 332 g/mol. The fourth-order valence-electron chi connectivity index (χ4n) is 2.83. The summed E-state index contributed by atoms with van der Waals surface area (Å²) in [4.78, 5) is 2.18. The standard InChI is InChI=1S/C17H19NO4S/c1-2-13-7-5-10-16-17(13)18(11-6-12-21-23(19)20)14-8-3-4-9-15(14)22-16/h3-5,7-10H,2,6,11-12H2,1H3,(H,19,20)/p-1. The Bertz CT molecular complexity index is 719. The van der Waals surface area contributed by atoms with Crippen molar-refractivity contribution in [1.82, 2.24) is 0 Å². The number of rotatable bonds is 6. The van der Waals surface area contributed by atoms with Crippen molar-refractivity contribution in [3.05, 3.63) is 48.0 Å². The van der Waals surface area contributed by atoms with Crippen LogP contribution in [0.4, 0.5) is 11.4 Å². The van der Waals surface area contributed by atoms with Crippen LogP contribution in [0, 0.1) is 0 Å². The Morgan fingerprint density at radius 2 is 1.96 bits per heavy atom. The van der Waals surface area contributed by atoms with Gasteiger partial charge in [-0.1, -0.05) is 31.2 Å². The van der Waals surface area contributed by atoms with E-state index in [-0.39, 0.29) is 6.61 Å². The summed E-state index contributed by atoms with van der Waals surface area (Å²) in [5, 5.41) is 0. The average molecular weight is 332 g/mol. The second kappa shape index (κ2) is 7.12. The van der Waals surface area contributed by atoms with Gasteiger partial charge in [0.05, 0.1) is 29.3 Å². The number of benzene rings is 2. The molecular formula is C17H18NO4S-. The summed E-state index contributed by atoms with van der Waals surface area (Å²) in [6.07, 6.45) is 1.49. The summed E-state index contributed by atoms with van der Waals surface area (Å²) < 4.78 is 31.6. The summed E-state index contributed by atoms with van der Waals surface area (Å²) in [5.41, 5.74) is 3.24. The quantitative estimate of drug-likeness (QED) is 0.596. The lowest BCUT2D eigenvalue weighted by atomic mass is 10.1. The molecule has 0 spiro atoms. The van der Waals surface area contributed by atoms with Crippen LogP contribution in [0.1, 0.15) is 18.9 Å². The predicted molar refractivity (Wildman–Crippen MR) is 88.8 cm³/mol. The maximum absolute atomic E-state index is 10.5. The van der Waals surface area contributed by atoms with Crippen LogP contribution in [0.15, 0.2) is 42.5 Å².